The van der Waals surface area contributed by atoms with E-state index in [1.54, 1.807) is 0 Å². The van der Waals surface area contributed by atoms with Crippen LogP contribution in [-0.2, 0) is 6.54 Å². The molecule has 4 N–H and O–H groups in total. The second kappa shape index (κ2) is 15.6. The van der Waals surface area contributed by atoms with Crippen LogP contribution >= 0.6 is 24.8 Å². The van der Waals surface area contributed by atoms with E-state index in [2.05, 4.69) is 20.4 Å². The van der Waals surface area contributed by atoms with Gasteiger partial charge in [0.25, 0.3) is 0 Å². The normalized spacial score (nSPS) is 17.8. The first-order valence-electron chi connectivity index (χ1n) is 10.4. The Bertz CT molecular complexity index is 581. The Labute approximate surface area is 192 Å². The summed E-state index contributed by atoms with van der Waals surface area (Å²) in [4.78, 5) is 16.8. The molecule has 0 spiro atoms. The van der Waals surface area contributed by atoms with Crippen molar-refractivity contribution < 1.29 is 14.7 Å². The fraction of sp³-hybridized carbons (Fsp3) is 0.667. The number of halogens is 3. The molecule has 1 aliphatic carbocycles. The minimum absolute atomic E-state index is 0. The zero-order valence-electron chi connectivity index (χ0n) is 17.6. The first kappa shape index (κ1) is 28.9. The van der Waals surface area contributed by atoms with Crippen molar-refractivity contribution >= 4 is 30.8 Å². The average molecular weight is 467 g/mol. The van der Waals surface area contributed by atoms with E-state index < -0.39 is 0 Å². The number of nitrogens with zero attached hydrogens (tertiary/aromatic N) is 2. The minimum atomic E-state index is -0.176. The first-order chi connectivity index (χ1) is 13.2. The number of hydrogen-bond acceptors (Lipinski definition) is 3. The van der Waals surface area contributed by atoms with E-state index in [9.17, 15) is 9.18 Å². The largest absolute Gasteiger partial charge is 0.412 e. The van der Waals surface area contributed by atoms with E-state index in [0.29, 0.717) is 6.04 Å². The highest BCUT2D eigenvalue weighted by molar-refractivity contribution is 5.85. The van der Waals surface area contributed by atoms with Crippen LogP contribution in [0.1, 0.15) is 44.1 Å². The van der Waals surface area contributed by atoms with Crippen LogP contribution in [0.3, 0.4) is 0 Å². The Kier molecular flexibility index (Phi) is 15.1. The van der Waals surface area contributed by atoms with Gasteiger partial charge in [0, 0.05) is 45.3 Å². The summed E-state index contributed by atoms with van der Waals surface area (Å²) in [5, 5.41) is 6.09. The van der Waals surface area contributed by atoms with Gasteiger partial charge in [-0.2, -0.15) is 0 Å². The summed E-state index contributed by atoms with van der Waals surface area (Å²) in [5.41, 5.74) is 1.16. The van der Waals surface area contributed by atoms with Gasteiger partial charge in [0.1, 0.15) is 5.82 Å². The van der Waals surface area contributed by atoms with Crippen LogP contribution < -0.4 is 10.6 Å². The molecule has 0 aromatic heterocycles. The lowest BCUT2D eigenvalue weighted by Gasteiger charge is -2.34. The van der Waals surface area contributed by atoms with Gasteiger partial charge >= 0.3 is 6.03 Å². The highest BCUT2D eigenvalue weighted by Gasteiger charge is 2.17. The van der Waals surface area contributed by atoms with E-state index in [1.165, 1.54) is 31.4 Å². The summed E-state index contributed by atoms with van der Waals surface area (Å²) in [6.07, 6.45) is 6.99. The molecule has 2 aliphatic rings. The van der Waals surface area contributed by atoms with Gasteiger partial charge in [-0.3, -0.25) is 4.90 Å². The molecule has 0 unspecified atom stereocenters. The molecule has 0 bridgehead atoms. The molecule has 0 atom stereocenters. The molecular weight excluding hydrogens is 430 g/mol. The maximum atomic E-state index is 13.0. The van der Waals surface area contributed by atoms with Crippen molar-refractivity contribution in [3.05, 3.63) is 35.6 Å². The molecule has 1 saturated heterocycles. The van der Waals surface area contributed by atoms with Crippen LogP contribution in [0.2, 0.25) is 0 Å². The number of benzene rings is 1. The average Bonchev–Trinajstić information content (AvgIpc) is 2.69. The Morgan fingerprint density at radius 3 is 2.20 bits per heavy atom. The molecule has 30 heavy (non-hydrogen) atoms. The lowest BCUT2D eigenvalue weighted by Crippen LogP contribution is -2.47. The lowest BCUT2D eigenvalue weighted by molar-refractivity contribution is 0.126. The molecule has 1 saturated carbocycles. The van der Waals surface area contributed by atoms with E-state index >= 15 is 0 Å². The molecule has 1 aromatic rings. The van der Waals surface area contributed by atoms with Crippen LogP contribution in [0.15, 0.2) is 24.3 Å². The zero-order chi connectivity index (χ0) is 18.9. The lowest BCUT2D eigenvalue weighted by atomic mass is 9.96. The molecule has 1 aromatic carbocycles. The third-order valence-corrected chi connectivity index (χ3v) is 5.66. The molecular formula is C21H37Cl2FN4O2. The van der Waals surface area contributed by atoms with Crippen LogP contribution in [0.25, 0.3) is 0 Å². The van der Waals surface area contributed by atoms with Crippen LogP contribution in [-0.4, -0.2) is 66.6 Å². The fourth-order valence-electron chi connectivity index (χ4n) is 4.01. The number of carbonyl (C=O) groups excluding carboxylic acids is 1. The molecule has 9 heteroatoms. The van der Waals surface area contributed by atoms with Crippen LogP contribution in [0.4, 0.5) is 9.18 Å². The predicted octanol–water partition coefficient (Wildman–Crippen LogP) is 2.98. The van der Waals surface area contributed by atoms with Crippen molar-refractivity contribution in [1.82, 2.24) is 20.4 Å². The Morgan fingerprint density at radius 2 is 1.57 bits per heavy atom. The Morgan fingerprint density at radius 1 is 0.967 bits per heavy atom. The molecule has 6 nitrogen and oxygen atoms in total. The van der Waals surface area contributed by atoms with Crippen molar-refractivity contribution in [2.45, 2.75) is 51.1 Å². The first-order valence-corrected chi connectivity index (χ1v) is 10.4. The van der Waals surface area contributed by atoms with Crippen molar-refractivity contribution in [3.8, 4) is 0 Å². The molecule has 3 rings (SSSR count). The summed E-state index contributed by atoms with van der Waals surface area (Å²) < 4.78 is 13.0. The van der Waals surface area contributed by atoms with Gasteiger partial charge in [-0.05, 0) is 43.5 Å². The second-order valence-corrected chi connectivity index (χ2v) is 7.83. The minimum Gasteiger partial charge on any atom is -0.412 e. The zero-order valence-corrected chi connectivity index (χ0v) is 19.2. The maximum Gasteiger partial charge on any atom is 0.315 e. The summed E-state index contributed by atoms with van der Waals surface area (Å²) in [7, 11) is 0. The summed E-state index contributed by atoms with van der Waals surface area (Å²) >= 11 is 0. The summed E-state index contributed by atoms with van der Waals surface area (Å²) in [5.74, 6) is -0.176. The van der Waals surface area contributed by atoms with Gasteiger partial charge in [0.15, 0.2) is 0 Å². The number of piperazine rings is 1. The predicted molar refractivity (Wildman–Crippen MR) is 124 cm³/mol. The number of nitrogens with one attached hydrogen (secondary N) is 2. The second-order valence-electron chi connectivity index (χ2n) is 7.83. The quantitative estimate of drug-likeness (QED) is 0.606. The fourth-order valence-corrected chi connectivity index (χ4v) is 4.01. The van der Waals surface area contributed by atoms with Crippen molar-refractivity contribution in [1.29, 1.82) is 0 Å². The van der Waals surface area contributed by atoms with Gasteiger partial charge < -0.3 is 21.0 Å². The molecule has 174 valence electrons. The number of hydrogen-bond donors (Lipinski definition) is 2. The smallest absolute Gasteiger partial charge is 0.315 e. The SMILES string of the molecule is Cl.Cl.O.O=C(NCCCN1CCN(Cc2ccc(F)cc2)CC1)NC1CCCCC1. The van der Waals surface area contributed by atoms with E-state index in [0.717, 1.165) is 70.6 Å². The van der Waals surface area contributed by atoms with E-state index in [4.69, 9.17) is 0 Å². The highest BCUT2D eigenvalue weighted by atomic mass is 35.5. The van der Waals surface area contributed by atoms with Gasteiger partial charge in [-0.15, -0.1) is 24.8 Å². The Balaban J connectivity index is 0.00000280. The maximum absolute atomic E-state index is 13.0. The van der Waals surface area contributed by atoms with E-state index in [-0.39, 0.29) is 42.1 Å². The van der Waals surface area contributed by atoms with Crippen molar-refractivity contribution in [2.24, 2.45) is 0 Å². The molecule has 1 heterocycles. The number of carbonyl (C=O) groups is 1. The third-order valence-electron chi connectivity index (χ3n) is 5.66. The monoisotopic (exact) mass is 466 g/mol. The van der Waals surface area contributed by atoms with Gasteiger partial charge in [0.05, 0.1) is 0 Å². The van der Waals surface area contributed by atoms with Crippen LogP contribution in [0, 0.1) is 5.82 Å². The molecule has 2 amide bonds. The van der Waals surface area contributed by atoms with Crippen molar-refractivity contribution in [3.63, 3.8) is 0 Å². The van der Waals surface area contributed by atoms with Gasteiger partial charge in [-0.1, -0.05) is 31.4 Å². The van der Waals surface area contributed by atoms with Gasteiger partial charge in [0.2, 0.25) is 0 Å². The number of amides is 2. The Hall–Kier alpha value is -1.12. The van der Waals surface area contributed by atoms with Crippen LogP contribution in [0.5, 0.6) is 0 Å². The molecule has 1 aliphatic heterocycles. The topological polar surface area (TPSA) is 79.1 Å². The summed E-state index contributed by atoms with van der Waals surface area (Å²) in [6, 6.07) is 7.16. The molecule has 0 radical (unpaired) electrons. The molecule has 2 fully saturated rings. The van der Waals surface area contributed by atoms with E-state index in [1.807, 2.05) is 12.1 Å². The summed E-state index contributed by atoms with van der Waals surface area (Å²) in [6.45, 7) is 6.81. The standard InChI is InChI=1S/C21H33FN4O.2ClH.H2O/c22-19-9-7-18(8-10-19)17-26-15-13-25(14-16-26)12-4-11-23-21(27)24-20-5-2-1-3-6-20;;;/h7-10,20H,1-6,11-17H2,(H2,23,24,27);2*1H;1H2. The number of urea groups is 1. The van der Waals surface area contributed by atoms with Crippen molar-refractivity contribution in [2.75, 3.05) is 39.3 Å². The highest BCUT2D eigenvalue weighted by Crippen LogP contribution is 2.17. The number of rotatable bonds is 7. The third kappa shape index (κ3) is 10.3. The van der Waals surface area contributed by atoms with Gasteiger partial charge in [-0.25, -0.2) is 9.18 Å².